The number of thiazole rings is 1. The van der Waals surface area contributed by atoms with Crippen molar-refractivity contribution >= 4 is 17.2 Å². The molecule has 3 rings (SSSR count). The molecule has 1 N–H and O–H groups in total. The van der Waals surface area contributed by atoms with Gasteiger partial charge in [-0.05, 0) is 26.7 Å². The van der Waals surface area contributed by atoms with E-state index >= 15 is 0 Å². The molecule has 1 saturated heterocycles. The first-order valence-corrected chi connectivity index (χ1v) is 9.23. The van der Waals surface area contributed by atoms with E-state index in [1.54, 1.807) is 11.3 Å². The Hall–Kier alpha value is -1.72. The Kier molecular flexibility index (Phi) is 5.01. The molecular weight excluding hydrogens is 320 g/mol. The third-order valence-electron chi connectivity index (χ3n) is 4.74. The molecular formula is C19H24N2O2S. The first-order valence-electron chi connectivity index (χ1n) is 8.41. The summed E-state index contributed by atoms with van der Waals surface area (Å²) in [6, 6.07) is 10.1. The number of benzene rings is 1. The topological polar surface area (TPSA) is 51.2 Å². The van der Waals surface area contributed by atoms with Gasteiger partial charge in [-0.15, -0.1) is 11.3 Å². The molecule has 1 aliphatic rings. The predicted molar refractivity (Wildman–Crippen MR) is 97.0 cm³/mol. The first kappa shape index (κ1) is 17.1. The second-order valence-electron chi connectivity index (χ2n) is 6.70. The number of hydrogen-bond acceptors (Lipinski definition) is 4. The smallest absolute Gasteiger partial charge is 0.226 e. The lowest BCUT2D eigenvalue weighted by molar-refractivity contribution is -0.135. The van der Waals surface area contributed by atoms with Crippen LogP contribution in [-0.4, -0.2) is 24.1 Å². The summed E-state index contributed by atoms with van der Waals surface area (Å²) >= 11 is 1.66. The Labute approximate surface area is 147 Å². The van der Waals surface area contributed by atoms with Crippen LogP contribution in [-0.2, 0) is 9.53 Å². The monoisotopic (exact) mass is 344 g/mol. The fourth-order valence-corrected chi connectivity index (χ4v) is 4.07. The standard InChI is InChI=1S/C19H24N2O2S/c1-13-16(24-17(20-13)15-7-5-4-6-8-15)14(2)21-18(22)19(3)9-11-23-12-10-19/h4-8,14H,9-12H2,1-3H3,(H,21,22)/t14-/m0/s1. The number of nitrogens with one attached hydrogen (secondary N) is 1. The number of carbonyl (C=O) groups excluding carboxylic acids is 1. The molecule has 1 fully saturated rings. The highest BCUT2D eigenvalue weighted by molar-refractivity contribution is 7.15. The molecule has 0 saturated carbocycles. The van der Waals surface area contributed by atoms with Gasteiger partial charge in [-0.1, -0.05) is 37.3 Å². The summed E-state index contributed by atoms with van der Waals surface area (Å²) in [6.45, 7) is 7.41. The zero-order valence-corrected chi connectivity index (χ0v) is 15.3. The molecule has 24 heavy (non-hydrogen) atoms. The maximum Gasteiger partial charge on any atom is 0.226 e. The molecule has 1 aromatic carbocycles. The number of amides is 1. The molecule has 1 aromatic heterocycles. The van der Waals surface area contributed by atoms with Crippen LogP contribution < -0.4 is 5.32 Å². The highest BCUT2D eigenvalue weighted by Gasteiger charge is 2.36. The number of rotatable bonds is 4. The molecule has 2 heterocycles. The van der Waals surface area contributed by atoms with Gasteiger partial charge in [0.2, 0.25) is 5.91 Å². The molecule has 0 radical (unpaired) electrons. The zero-order valence-electron chi connectivity index (χ0n) is 14.5. The van der Waals surface area contributed by atoms with E-state index in [2.05, 4.69) is 22.4 Å². The molecule has 4 nitrogen and oxygen atoms in total. The van der Waals surface area contributed by atoms with E-state index in [1.807, 2.05) is 39.0 Å². The Morgan fingerprint density at radius 3 is 2.62 bits per heavy atom. The van der Waals surface area contributed by atoms with Gasteiger partial charge in [0.1, 0.15) is 5.01 Å². The number of hydrogen-bond donors (Lipinski definition) is 1. The van der Waals surface area contributed by atoms with Crippen molar-refractivity contribution in [3.63, 3.8) is 0 Å². The molecule has 2 aromatic rings. The minimum atomic E-state index is -0.326. The molecule has 0 bridgehead atoms. The molecule has 0 aliphatic carbocycles. The third kappa shape index (κ3) is 3.52. The molecule has 1 atom stereocenters. The second kappa shape index (κ2) is 7.03. The van der Waals surface area contributed by atoms with Crippen molar-refractivity contribution in [2.45, 2.75) is 39.7 Å². The number of ether oxygens (including phenoxy) is 1. The van der Waals surface area contributed by atoms with Gasteiger partial charge in [0.15, 0.2) is 0 Å². The minimum Gasteiger partial charge on any atom is -0.381 e. The fourth-order valence-electron chi connectivity index (χ4n) is 3.00. The van der Waals surface area contributed by atoms with Crippen LogP contribution in [0.1, 0.15) is 43.3 Å². The van der Waals surface area contributed by atoms with Crippen LogP contribution in [0, 0.1) is 12.3 Å². The highest BCUT2D eigenvalue weighted by atomic mass is 32.1. The van der Waals surface area contributed by atoms with Crippen molar-refractivity contribution in [3.8, 4) is 10.6 Å². The largest absolute Gasteiger partial charge is 0.381 e. The van der Waals surface area contributed by atoms with Gasteiger partial charge in [-0.2, -0.15) is 0 Å². The summed E-state index contributed by atoms with van der Waals surface area (Å²) in [4.78, 5) is 18.5. The maximum absolute atomic E-state index is 12.7. The molecule has 0 unspecified atom stereocenters. The number of carbonyl (C=O) groups is 1. The third-order valence-corrected chi connectivity index (χ3v) is 6.13. The summed E-state index contributed by atoms with van der Waals surface area (Å²) in [5.74, 6) is 0.118. The summed E-state index contributed by atoms with van der Waals surface area (Å²) < 4.78 is 5.39. The van der Waals surface area contributed by atoms with Gasteiger partial charge in [0.05, 0.1) is 22.0 Å². The van der Waals surface area contributed by atoms with E-state index in [1.165, 1.54) is 0 Å². The van der Waals surface area contributed by atoms with Gasteiger partial charge < -0.3 is 10.1 Å². The van der Waals surface area contributed by atoms with Gasteiger partial charge in [0.25, 0.3) is 0 Å². The van der Waals surface area contributed by atoms with Gasteiger partial charge in [-0.25, -0.2) is 4.98 Å². The summed E-state index contributed by atoms with van der Waals surface area (Å²) in [7, 11) is 0. The maximum atomic E-state index is 12.7. The Bertz CT molecular complexity index is 705. The quantitative estimate of drug-likeness (QED) is 0.908. The molecule has 0 spiro atoms. The minimum absolute atomic E-state index is 0.0351. The predicted octanol–water partition coefficient (Wildman–Crippen LogP) is 4.11. The van der Waals surface area contributed by atoms with Gasteiger partial charge in [0, 0.05) is 18.8 Å². The summed E-state index contributed by atoms with van der Waals surface area (Å²) in [5.41, 5.74) is 1.78. The number of aryl methyl sites for hydroxylation is 1. The molecule has 128 valence electrons. The van der Waals surface area contributed by atoms with E-state index in [9.17, 15) is 4.79 Å². The Balaban J connectivity index is 1.74. The van der Waals surface area contributed by atoms with Crippen molar-refractivity contribution in [2.24, 2.45) is 5.41 Å². The average molecular weight is 344 g/mol. The number of aromatic nitrogens is 1. The average Bonchev–Trinajstić information content (AvgIpc) is 2.98. The van der Waals surface area contributed by atoms with Crippen LogP contribution >= 0.6 is 11.3 Å². The van der Waals surface area contributed by atoms with Crippen molar-refractivity contribution in [3.05, 3.63) is 40.9 Å². The van der Waals surface area contributed by atoms with Crippen LogP contribution in [0.15, 0.2) is 30.3 Å². The van der Waals surface area contributed by atoms with Crippen molar-refractivity contribution in [2.75, 3.05) is 13.2 Å². The second-order valence-corrected chi connectivity index (χ2v) is 7.73. The Morgan fingerprint density at radius 1 is 1.29 bits per heavy atom. The summed E-state index contributed by atoms with van der Waals surface area (Å²) in [5, 5.41) is 4.19. The van der Waals surface area contributed by atoms with Crippen molar-refractivity contribution in [1.29, 1.82) is 0 Å². The van der Waals surface area contributed by atoms with Crippen LogP contribution in [0.3, 0.4) is 0 Å². The van der Waals surface area contributed by atoms with Gasteiger partial charge >= 0.3 is 0 Å². The molecule has 1 aliphatic heterocycles. The van der Waals surface area contributed by atoms with Crippen molar-refractivity contribution in [1.82, 2.24) is 10.3 Å². The van der Waals surface area contributed by atoms with Crippen LogP contribution in [0.5, 0.6) is 0 Å². The van der Waals surface area contributed by atoms with E-state index < -0.39 is 0 Å². The van der Waals surface area contributed by atoms with Crippen LogP contribution in [0.25, 0.3) is 10.6 Å². The lowest BCUT2D eigenvalue weighted by atomic mass is 9.81. The molecule has 5 heteroatoms. The van der Waals surface area contributed by atoms with Crippen molar-refractivity contribution < 1.29 is 9.53 Å². The highest BCUT2D eigenvalue weighted by Crippen LogP contribution is 2.34. The normalized spacial score (nSPS) is 18.1. The van der Waals surface area contributed by atoms with E-state index in [0.29, 0.717) is 13.2 Å². The van der Waals surface area contributed by atoms with E-state index in [4.69, 9.17) is 4.74 Å². The van der Waals surface area contributed by atoms with E-state index in [-0.39, 0.29) is 17.4 Å². The number of nitrogens with zero attached hydrogens (tertiary/aromatic N) is 1. The zero-order chi connectivity index (χ0) is 17.2. The molecule has 1 amide bonds. The van der Waals surface area contributed by atoms with E-state index in [0.717, 1.165) is 34.0 Å². The Morgan fingerprint density at radius 2 is 1.96 bits per heavy atom. The lowest BCUT2D eigenvalue weighted by Gasteiger charge is -2.33. The van der Waals surface area contributed by atoms with Crippen LogP contribution in [0.4, 0.5) is 0 Å². The van der Waals surface area contributed by atoms with Crippen LogP contribution in [0.2, 0.25) is 0 Å². The van der Waals surface area contributed by atoms with Gasteiger partial charge in [-0.3, -0.25) is 4.79 Å². The SMILES string of the molecule is Cc1nc(-c2ccccc2)sc1[C@H](C)NC(=O)C1(C)CCOCC1. The summed E-state index contributed by atoms with van der Waals surface area (Å²) in [6.07, 6.45) is 1.56. The lowest BCUT2D eigenvalue weighted by Crippen LogP contribution is -2.43. The first-order chi connectivity index (χ1) is 11.5. The fraction of sp³-hybridized carbons (Fsp3) is 0.474.